The summed E-state index contributed by atoms with van der Waals surface area (Å²) < 4.78 is 56.3. The number of alkyl halides is 3. The summed E-state index contributed by atoms with van der Waals surface area (Å²) >= 11 is 0.531. The van der Waals surface area contributed by atoms with Gasteiger partial charge in [0, 0.05) is 11.1 Å². The van der Waals surface area contributed by atoms with Gasteiger partial charge in [0.1, 0.15) is 0 Å². The molecule has 0 amide bonds. The van der Waals surface area contributed by atoms with E-state index in [1.165, 1.54) is 19.2 Å². The zero-order valence-electron chi connectivity index (χ0n) is 11.2. The predicted molar refractivity (Wildman–Crippen MR) is 71.0 cm³/mol. The van der Waals surface area contributed by atoms with Crippen LogP contribution >= 0.6 is 11.3 Å². The first kappa shape index (κ1) is 15.7. The van der Waals surface area contributed by atoms with Crippen LogP contribution in [0.4, 0.5) is 17.6 Å². The Morgan fingerprint density at radius 2 is 2.05 bits per heavy atom. The molecule has 0 bridgehead atoms. The lowest BCUT2D eigenvalue weighted by molar-refractivity contribution is -0.137. The fourth-order valence-electron chi connectivity index (χ4n) is 1.89. The van der Waals surface area contributed by atoms with Crippen LogP contribution in [0.2, 0.25) is 0 Å². The molecule has 1 atom stereocenters. The van der Waals surface area contributed by atoms with Crippen LogP contribution in [0, 0.1) is 5.82 Å². The molecule has 0 fully saturated rings. The summed E-state index contributed by atoms with van der Waals surface area (Å²) in [6.45, 7) is 0. The first-order valence-electron chi connectivity index (χ1n) is 5.90. The minimum absolute atomic E-state index is 0.0777. The lowest BCUT2D eigenvalue weighted by Crippen LogP contribution is -2.16. The van der Waals surface area contributed by atoms with Gasteiger partial charge in [-0.05, 0) is 24.7 Å². The minimum atomic E-state index is -4.48. The van der Waals surface area contributed by atoms with Gasteiger partial charge in [0.2, 0.25) is 0 Å². The highest BCUT2D eigenvalue weighted by Crippen LogP contribution is 2.36. The molecule has 0 saturated carbocycles. The van der Waals surface area contributed by atoms with Gasteiger partial charge < -0.3 is 10.1 Å². The van der Waals surface area contributed by atoms with Crippen molar-refractivity contribution in [1.29, 1.82) is 0 Å². The molecule has 114 valence electrons. The van der Waals surface area contributed by atoms with E-state index in [0.29, 0.717) is 21.8 Å². The summed E-state index contributed by atoms with van der Waals surface area (Å²) in [5.74, 6) is -0.496. The number of ether oxygens (including phenoxy) is 1. The van der Waals surface area contributed by atoms with Gasteiger partial charge in [0.25, 0.3) is 0 Å². The molecule has 2 aromatic rings. The van der Waals surface area contributed by atoms with Crippen LogP contribution in [0.1, 0.15) is 21.5 Å². The standard InChI is InChI=1S/C13H12F4N2OS/c1-18-11(7-3-4-9(20-2)8(14)5-7)10-6-19-12(21-10)13(15,16)17/h3-6,11,18H,1-2H3. The molecule has 1 unspecified atom stereocenters. The van der Waals surface area contributed by atoms with Gasteiger partial charge >= 0.3 is 6.18 Å². The zero-order chi connectivity index (χ0) is 15.6. The Hall–Kier alpha value is -1.67. The van der Waals surface area contributed by atoms with Crippen LogP contribution < -0.4 is 10.1 Å². The van der Waals surface area contributed by atoms with Gasteiger partial charge in [-0.1, -0.05) is 6.07 Å². The van der Waals surface area contributed by atoms with Crippen LogP contribution in [0.3, 0.4) is 0 Å². The Bertz CT molecular complexity index is 627. The van der Waals surface area contributed by atoms with E-state index in [4.69, 9.17) is 4.74 Å². The Labute approximate surface area is 122 Å². The molecular weight excluding hydrogens is 308 g/mol. The number of halogens is 4. The van der Waals surface area contributed by atoms with Gasteiger partial charge in [-0.2, -0.15) is 13.2 Å². The van der Waals surface area contributed by atoms with E-state index in [0.717, 1.165) is 6.20 Å². The molecule has 0 saturated heterocycles. The van der Waals surface area contributed by atoms with Gasteiger partial charge in [-0.25, -0.2) is 9.37 Å². The first-order chi connectivity index (χ1) is 9.86. The van der Waals surface area contributed by atoms with Crippen molar-refractivity contribution in [2.75, 3.05) is 14.2 Å². The highest BCUT2D eigenvalue weighted by Gasteiger charge is 2.35. The predicted octanol–water partition coefficient (Wildman–Crippen LogP) is 3.62. The number of methoxy groups -OCH3 is 1. The van der Waals surface area contributed by atoms with E-state index >= 15 is 0 Å². The fraction of sp³-hybridized carbons (Fsp3) is 0.308. The topological polar surface area (TPSA) is 34.1 Å². The van der Waals surface area contributed by atoms with Gasteiger partial charge in [0.05, 0.1) is 13.2 Å². The fourth-order valence-corrected chi connectivity index (χ4v) is 2.81. The quantitative estimate of drug-likeness (QED) is 0.874. The van der Waals surface area contributed by atoms with Crippen LogP contribution in [0.5, 0.6) is 5.75 Å². The number of benzene rings is 1. The lowest BCUT2D eigenvalue weighted by atomic mass is 10.1. The van der Waals surface area contributed by atoms with E-state index in [1.54, 1.807) is 13.1 Å². The monoisotopic (exact) mass is 320 g/mol. The molecule has 0 aliphatic carbocycles. The Morgan fingerprint density at radius 3 is 2.52 bits per heavy atom. The van der Waals surface area contributed by atoms with Gasteiger partial charge in [-0.15, -0.1) is 11.3 Å². The molecule has 0 radical (unpaired) electrons. The second kappa shape index (κ2) is 5.98. The number of thiazole rings is 1. The third-order valence-electron chi connectivity index (χ3n) is 2.85. The molecule has 21 heavy (non-hydrogen) atoms. The Morgan fingerprint density at radius 1 is 1.33 bits per heavy atom. The van der Waals surface area contributed by atoms with Crippen molar-refractivity contribution in [2.24, 2.45) is 0 Å². The third-order valence-corrected chi connectivity index (χ3v) is 3.96. The van der Waals surface area contributed by atoms with E-state index in [1.807, 2.05) is 0 Å². The van der Waals surface area contributed by atoms with Crippen LogP contribution in [-0.2, 0) is 6.18 Å². The maximum Gasteiger partial charge on any atom is 0.443 e. The highest BCUT2D eigenvalue weighted by molar-refractivity contribution is 7.11. The number of nitrogens with one attached hydrogen (secondary N) is 1. The van der Waals surface area contributed by atoms with E-state index in [2.05, 4.69) is 10.3 Å². The minimum Gasteiger partial charge on any atom is -0.494 e. The molecule has 0 aliphatic heterocycles. The van der Waals surface area contributed by atoms with E-state index in [-0.39, 0.29) is 5.75 Å². The Balaban J connectivity index is 2.35. The maximum absolute atomic E-state index is 13.7. The van der Waals surface area contributed by atoms with Crippen LogP contribution in [0.25, 0.3) is 0 Å². The van der Waals surface area contributed by atoms with Gasteiger partial charge in [0.15, 0.2) is 16.6 Å². The number of nitrogens with zero attached hydrogens (tertiary/aromatic N) is 1. The molecule has 1 aromatic heterocycles. The molecule has 1 aromatic carbocycles. The number of hydrogen-bond acceptors (Lipinski definition) is 4. The second-order valence-electron chi connectivity index (χ2n) is 4.18. The van der Waals surface area contributed by atoms with E-state index in [9.17, 15) is 17.6 Å². The summed E-state index contributed by atoms with van der Waals surface area (Å²) in [6.07, 6.45) is -3.33. The van der Waals surface area contributed by atoms with Crippen molar-refractivity contribution >= 4 is 11.3 Å². The summed E-state index contributed by atoms with van der Waals surface area (Å²) in [4.78, 5) is 3.73. The molecule has 2 rings (SSSR count). The zero-order valence-corrected chi connectivity index (χ0v) is 12.0. The molecule has 1 heterocycles. The van der Waals surface area contributed by atoms with Crippen LogP contribution in [0.15, 0.2) is 24.4 Å². The molecule has 3 nitrogen and oxygen atoms in total. The Kier molecular flexibility index (Phi) is 4.48. The van der Waals surface area contributed by atoms with Gasteiger partial charge in [-0.3, -0.25) is 0 Å². The maximum atomic E-state index is 13.7. The smallest absolute Gasteiger partial charge is 0.443 e. The summed E-state index contributed by atoms with van der Waals surface area (Å²) in [5.41, 5.74) is 0.494. The summed E-state index contributed by atoms with van der Waals surface area (Å²) in [7, 11) is 2.92. The molecule has 1 N–H and O–H groups in total. The molecule has 0 spiro atoms. The number of aromatic nitrogens is 1. The third kappa shape index (κ3) is 3.33. The van der Waals surface area contributed by atoms with Crippen molar-refractivity contribution in [3.8, 4) is 5.75 Å². The molecule has 8 heteroatoms. The highest BCUT2D eigenvalue weighted by atomic mass is 32.1. The number of rotatable bonds is 4. The van der Waals surface area contributed by atoms with Crippen molar-refractivity contribution in [3.05, 3.63) is 45.7 Å². The molecule has 0 aliphatic rings. The van der Waals surface area contributed by atoms with E-state index < -0.39 is 23.0 Å². The summed E-state index contributed by atoms with van der Waals surface area (Å²) in [6, 6.07) is 3.68. The largest absolute Gasteiger partial charge is 0.494 e. The van der Waals surface area contributed by atoms with Crippen molar-refractivity contribution < 1.29 is 22.3 Å². The average molecular weight is 320 g/mol. The SMILES string of the molecule is CNC(c1ccc(OC)c(F)c1)c1cnc(C(F)(F)F)s1. The summed E-state index contributed by atoms with van der Waals surface area (Å²) in [5, 5.41) is 1.94. The van der Waals surface area contributed by atoms with Crippen LogP contribution in [-0.4, -0.2) is 19.1 Å². The average Bonchev–Trinajstić information content (AvgIpc) is 2.89. The normalized spacial score (nSPS) is 13.2. The first-order valence-corrected chi connectivity index (χ1v) is 6.72. The lowest BCUT2D eigenvalue weighted by Gasteiger charge is -2.15. The van der Waals surface area contributed by atoms with Crippen molar-refractivity contribution in [3.63, 3.8) is 0 Å². The molecular formula is C13H12F4N2OS. The van der Waals surface area contributed by atoms with Crippen molar-refractivity contribution in [1.82, 2.24) is 10.3 Å². The number of hydrogen-bond donors (Lipinski definition) is 1. The van der Waals surface area contributed by atoms with Crippen molar-refractivity contribution in [2.45, 2.75) is 12.2 Å². The second-order valence-corrected chi connectivity index (χ2v) is 5.24.